The Morgan fingerprint density at radius 1 is 1.71 bits per heavy atom. The van der Waals surface area contributed by atoms with Crippen molar-refractivity contribution in [2.75, 3.05) is 18.6 Å². The smallest absolute Gasteiger partial charge is 0.239 e. The fourth-order valence-corrected chi connectivity index (χ4v) is 2.33. The highest BCUT2D eigenvalue weighted by atomic mass is 32.2. The number of nitrogens with two attached hydrogens (primary N) is 1. The molecule has 82 valence electrons. The Labute approximate surface area is 87.3 Å². The molecule has 1 aliphatic rings. The van der Waals surface area contributed by atoms with E-state index in [2.05, 4.69) is 0 Å². The molecule has 0 spiro atoms. The average Bonchev–Trinajstić information content (AvgIpc) is 2.44. The number of amides is 1. The van der Waals surface area contributed by atoms with Crippen molar-refractivity contribution in [3.8, 4) is 0 Å². The second kappa shape index (κ2) is 4.89. The van der Waals surface area contributed by atoms with Crippen LogP contribution in [0.25, 0.3) is 0 Å². The van der Waals surface area contributed by atoms with E-state index in [1.807, 2.05) is 6.92 Å². The zero-order valence-corrected chi connectivity index (χ0v) is 9.55. The number of hydrogen-bond acceptors (Lipinski definition) is 3. The lowest BCUT2D eigenvalue weighted by Gasteiger charge is -2.24. The standard InChI is InChI=1S/C9H18N2O2S/c1-7(4-6-14(2)13)11-5-3-8(10)9(11)12/h7-8H,3-6,10H2,1-2H3. The number of carbonyl (C=O) groups is 1. The van der Waals surface area contributed by atoms with Crippen LogP contribution in [0.3, 0.4) is 0 Å². The van der Waals surface area contributed by atoms with Gasteiger partial charge in [0.25, 0.3) is 0 Å². The normalized spacial score (nSPS) is 26.6. The molecule has 0 saturated carbocycles. The number of rotatable bonds is 4. The molecule has 5 heteroatoms. The second-order valence-electron chi connectivity index (χ2n) is 3.84. The molecule has 0 bridgehead atoms. The Hall–Kier alpha value is -0.420. The summed E-state index contributed by atoms with van der Waals surface area (Å²) < 4.78 is 10.9. The van der Waals surface area contributed by atoms with Crippen molar-refractivity contribution in [2.45, 2.75) is 31.8 Å². The molecule has 1 fully saturated rings. The van der Waals surface area contributed by atoms with Crippen molar-refractivity contribution in [3.63, 3.8) is 0 Å². The van der Waals surface area contributed by atoms with Crippen LogP contribution in [0.15, 0.2) is 0 Å². The Morgan fingerprint density at radius 2 is 2.36 bits per heavy atom. The molecule has 3 unspecified atom stereocenters. The van der Waals surface area contributed by atoms with Crippen LogP contribution in [0.1, 0.15) is 19.8 Å². The molecule has 1 amide bonds. The summed E-state index contributed by atoms with van der Waals surface area (Å²) in [6, 6.07) is -0.149. The van der Waals surface area contributed by atoms with E-state index in [9.17, 15) is 9.00 Å². The van der Waals surface area contributed by atoms with E-state index < -0.39 is 10.8 Å². The quantitative estimate of drug-likeness (QED) is 0.705. The molecular formula is C9H18N2O2S. The predicted octanol–water partition coefficient (Wildman–Crippen LogP) is -0.297. The first-order valence-corrected chi connectivity index (χ1v) is 6.61. The highest BCUT2D eigenvalue weighted by Crippen LogP contribution is 2.14. The SMILES string of the molecule is CC(CCS(C)=O)N1CCC(N)C1=O. The van der Waals surface area contributed by atoms with Gasteiger partial charge in [0, 0.05) is 35.4 Å². The molecule has 2 N–H and O–H groups in total. The largest absolute Gasteiger partial charge is 0.339 e. The highest BCUT2D eigenvalue weighted by Gasteiger charge is 2.31. The van der Waals surface area contributed by atoms with Gasteiger partial charge >= 0.3 is 0 Å². The fourth-order valence-electron chi connectivity index (χ4n) is 1.65. The monoisotopic (exact) mass is 218 g/mol. The summed E-state index contributed by atoms with van der Waals surface area (Å²) in [5, 5.41) is 0. The van der Waals surface area contributed by atoms with E-state index >= 15 is 0 Å². The summed E-state index contributed by atoms with van der Waals surface area (Å²) in [5.74, 6) is 0.694. The summed E-state index contributed by atoms with van der Waals surface area (Å²) >= 11 is 0. The molecule has 0 aromatic rings. The molecule has 3 atom stereocenters. The van der Waals surface area contributed by atoms with Crippen molar-refractivity contribution in [1.29, 1.82) is 0 Å². The summed E-state index contributed by atoms with van der Waals surface area (Å²) in [7, 11) is -0.775. The lowest BCUT2D eigenvalue weighted by Crippen LogP contribution is -2.39. The van der Waals surface area contributed by atoms with Crippen LogP contribution in [0, 0.1) is 0 Å². The van der Waals surface area contributed by atoms with Crippen molar-refractivity contribution in [3.05, 3.63) is 0 Å². The number of likely N-dealkylation sites (tertiary alicyclic amines) is 1. The van der Waals surface area contributed by atoms with Crippen LogP contribution in [0.5, 0.6) is 0 Å². The van der Waals surface area contributed by atoms with E-state index in [-0.39, 0.29) is 18.0 Å². The molecule has 0 aliphatic carbocycles. The molecule has 1 saturated heterocycles. The minimum Gasteiger partial charge on any atom is -0.339 e. The molecular weight excluding hydrogens is 200 g/mol. The van der Waals surface area contributed by atoms with Gasteiger partial charge in [0.05, 0.1) is 6.04 Å². The molecule has 1 aliphatic heterocycles. The fraction of sp³-hybridized carbons (Fsp3) is 0.889. The van der Waals surface area contributed by atoms with Crippen molar-refractivity contribution < 1.29 is 9.00 Å². The first-order chi connectivity index (χ1) is 6.52. The van der Waals surface area contributed by atoms with Crippen molar-refractivity contribution in [2.24, 2.45) is 5.73 Å². The van der Waals surface area contributed by atoms with Crippen LogP contribution in [0.4, 0.5) is 0 Å². The third kappa shape index (κ3) is 2.78. The summed E-state index contributed by atoms with van der Waals surface area (Å²) in [5.41, 5.74) is 5.61. The topological polar surface area (TPSA) is 63.4 Å². The minimum atomic E-state index is -0.775. The van der Waals surface area contributed by atoms with Crippen molar-refractivity contribution in [1.82, 2.24) is 4.90 Å². The molecule has 14 heavy (non-hydrogen) atoms. The molecule has 1 rings (SSSR count). The van der Waals surface area contributed by atoms with Gasteiger partial charge in [-0.2, -0.15) is 0 Å². The van der Waals surface area contributed by atoms with Crippen LogP contribution in [-0.2, 0) is 15.6 Å². The zero-order chi connectivity index (χ0) is 10.7. The first kappa shape index (κ1) is 11.7. The third-order valence-electron chi connectivity index (χ3n) is 2.64. The number of hydrogen-bond donors (Lipinski definition) is 1. The predicted molar refractivity (Wildman–Crippen MR) is 57.3 cm³/mol. The highest BCUT2D eigenvalue weighted by molar-refractivity contribution is 7.84. The van der Waals surface area contributed by atoms with Crippen LogP contribution in [-0.4, -0.2) is 45.7 Å². The van der Waals surface area contributed by atoms with Gasteiger partial charge in [-0.3, -0.25) is 9.00 Å². The van der Waals surface area contributed by atoms with E-state index in [0.29, 0.717) is 5.75 Å². The maximum absolute atomic E-state index is 11.5. The lowest BCUT2D eigenvalue weighted by atomic mass is 10.2. The number of carbonyl (C=O) groups excluding carboxylic acids is 1. The molecule has 0 aromatic carbocycles. The van der Waals surface area contributed by atoms with Gasteiger partial charge in [0.15, 0.2) is 0 Å². The van der Waals surface area contributed by atoms with Gasteiger partial charge in [0.2, 0.25) is 5.91 Å². The lowest BCUT2D eigenvalue weighted by molar-refractivity contribution is -0.130. The van der Waals surface area contributed by atoms with E-state index in [0.717, 1.165) is 19.4 Å². The minimum absolute atomic E-state index is 0.0411. The van der Waals surface area contributed by atoms with E-state index in [1.54, 1.807) is 11.2 Å². The maximum atomic E-state index is 11.5. The average molecular weight is 218 g/mol. The first-order valence-electron chi connectivity index (χ1n) is 4.88. The molecule has 1 heterocycles. The Bertz CT molecular complexity index is 245. The summed E-state index contributed by atoms with van der Waals surface area (Å²) in [4.78, 5) is 13.3. The summed E-state index contributed by atoms with van der Waals surface area (Å²) in [6.07, 6.45) is 3.23. The second-order valence-corrected chi connectivity index (χ2v) is 5.40. The molecule has 0 radical (unpaired) electrons. The molecule has 0 aromatic heterocycles. The van der Waals surface area contributed by atoms with Crippen LogP contribution < -0.4 is 5.73 Å². The molecule has 4 nitrogen and oxygen atoms in total. The Balaban J connectivity index is 2.41. The summed E-state index contributed by atoms with van der Waals surface area (Å²) in [6.45, 7) is 2.74. The van der Waals surface area contributed by atoms with Gasteiger partial charge < -0.3 is 10.6 Å². The zero-order valence-electron chi connectivity index (χ0n) is 8.73. The van der Waals surface area contributed by atoms with Gasteiger partial charge in [-0.15, -0.1) is 0 Å². The maximum Gasteiger partial charge on any atom is 0.239 e. The van der Waals surface area contributed by atoms with E-state index in [1.165, 1.54) is 0 Å². The van der Waals surface area contributed by atoms with Gasteiger partial charge in [-0.05, 0) is 19.8 Å². The third-order valence-corrected chi connectivity index (χ3v) is 3.45. The Kier molecular flexibility index (Phi) is 4.07. The van der Waals surface area contributed by atoms with Crippen LogP contribution in [0.2, 0.25) is 0 Å². The van der Waals surface area contributed by atoms with E-state index in [4.69, 9.17) is 5.73 Å². The van der Waals surface area contributed by atoms with Crippen LogP contribution >= 0.6 is 0 Å². The van der Waals surface area contributed by atoms with Gasteiger partial charge in [-0.25, -0.2) is 0 Å². The Morgan fingerprint density at radius 3 is 2.79 bits per heavy atom. The van der Waals surface area contributed by atoms with Gasteiger partial charge in [0.1, 0.15) is 0 Å². The van der Waals surface area contributed by atoms with Gasteiger partial charge in [-0.1, -0.05) is 0 Å². The number of nitrogens with zero attached hydrogens (tertiary/aromatic N) is 1. The van der Waals surface area contributed by atoms with Crippen molar-refractivity contribution >= 4 is 16.7 Å².